The number of piperidine rings is 1. The lowest BCUT2D eigenvalue weighted by molar-refractivity contribution is 0.170. The first-order valence-corrected chi connectivity index (χ1v) is 5.81. The number of hydrogen-bond acceptors (Lipinski definition) is 4. The molecule has 0 spiro atoms. The predicted octanol–water partition coefficient (Wildman–Crippen LogP) is 2.07. The fraction of sp³-hybridized carbons (Fsp3) is 0.500. The summed E-state index contributed by atoms with van der Waals surface area (Å²) in [5.41, 5.74) is 0.562. The lowest BCUT2D eigenvalue weighted by atomic mass is 9.96. The van der Waals surface area contributed by atoms with Crippen molar-refractivity contribution in [3.05, 3.63) is 17.4 Å². The first-order valence-electron chi connectivity index (χ1n) is 5.81. The van der Waals surface area contributed by atoms with E-state index in [1.807, 2.05) is 0 Å². The number of hydrogen-bond donors (Lipinski definition) is 2. The summed E-state index contributed by atoms with van der Waals surface area (Å²) in [5.74, 6) is -0.652. The van der Waals surface area contributed by atoms with Crippen molar-refractivity contribution in [2.75, 3.05) is 13.3 Å². The molecule has 0 aliphatic carbocycles. The number of fused-ring (bicyclic) bond motifs is 1. The molecule has 1 fully saturated rings. The Hall–Kier alpha value is -1.49. The van der Waals surface area contributed by atoms with E-state index in [0.717, 1.165) is 25.8 Å². The molecule has 2 N–H and O–H groups in total. The molecule has 1 saturated heterocycles. The molecule has 1 unspecified atom stereocenters. The van der Waals surface area contributed by atoms with Crippen molar-refractivity contribution in [3.8, 4) is 17.2 Å². The SMILES string of the molecule is Oc1c(C2CCCCN2)cc2c(c1F)OCO2. The summed E-state index contributed by atoms with van der Waals surface area (Å²) in [4.78, 5) is 0. The third-order valence-electron chi connectivity index (χ3n) is 3.29. The number of rotatable bonds is 1. The Labute approximate surface area is 98.3 Å². The quantitative estimate of drug-likeness (QED) is 0.787. The van der Waals surface area contributed by atoms with Crippen LogP contribution in [0.25, 0.3) is 0 Å². The Balaban J connectivity index is 2.01. The number of nitrogens with one attached hydrogen (secondary N) is 1. The van der Waals surface area contributed by atoms with Crippen molar-refractivity contribution < 1.29 is 19.0 Å². The Bertz CT molecular complexity index is 444. The van der Waals surface area contributed by atoms with Crippen molar-refractivity contribution in [2.24, 2.45) is 0 Å². The molecule has 92 valence electrons. The van der Waals surface area contributed by atoms with Crippen LogP contribution in [0, 0.1) is 5.82 Å². The average Bonchev–Trinajstić information content (AvgIpc) is 2.83. The van der Waals surface area contributed by atoms with Crippen LogP contribution in [0.1, 0.15) is 30.9 Å². The van der Waals surface area contributed by atoms with Crippen LogP contribution in [0.15, 0.2) is 6.07 Å². The topological polar surface area (TPSA) is 50.7 Å². The number of halogens is 1. The van der Waals surface area contributed by atoms with Crippen LogP contribution in [-0.4, -0.2) is 18.4 Å². The van der Waals surface area contributed by atoms with Crippen molar-refractivity contribution in [1.29, 1.82) is 0 Å². The smallest absolute Gasteiger partial charge is 0.231 e. The van der Waals surface area contributed by atoms with E-state index < -0.39 is 5.82 Å². The molecular formula is C12H14FNO3. The Morgan fingerprint density at radius 3 is 3.00 bits per heavy atom. The standard InChI is InChI=1S/C12H14FNO3/c13-10-11(15)7(8-3-1-2-4-14-8)5-9-12(10)17-6-16-9/h5,8,14-15H,1-4,6H2. The van der Waals surface area contributed by atoms with Gasteiger partial charge in [-0.1, -0.05) is 6.42 Å². The Morgan fingerprint density at radius 1 is 1.35 bits per heavy atom. The van der Waals surface area contributed by atoms with Crippen LogP contribution < -0.4 is 14.8 Å². The molecule has 0 aromatic heterocycles. The zero-order valence-corrected chi connectivity index (χ0v) is 9.33. The van der Waals surface area contributed by atoms with E-state index in [9.17, 15) is 9.50 Å². The molecule has 0 bridgehead atoms. The van der Waals surface area contributed by atoms with Gasteiger partial charge in [0.25, 0.3) is 0 Å². The minimum Gasteiger partial charge on any atom is -0.504 e. The summed E-state index contributed by atoms with van der Waals surface area (Å²) < 4.78 is 24.0. The maximum Gasteiger partial charge on any atom is 0.231 e. The lowest BCUT2D eigenvalue weighted by Gasteiger charge is -2.24. The van der Waals surface area contributed by atoms with Gasteiger partial charge in [-0.2, -0.15) is 4.39 Å². The molecule has 1 atom stereocenters. The van der Waals surface area contributed by atoms with E-state index in [1.54, 1.807) is 6.07 Å². The van der Waals surface area contributed by atoms with Crippen LogP contribution in [-0.2, 0) is 0 Å². The molecule has 2 aliphatic rings. The van der Waals surface area contributed by atoms with Gasteiger partial charge >= 0.3 is 0 Å². The van der Waals surface area contributed by atoms with E-state index in [1.165, 1.54) is 0 Å². The summed E-state index contributed by atoms with van der Waals surface area (Å²) in [5, 5.41) is 13.1. The minimum atomic E-state index is -0.720. The summed E-state index contributed by atoms with van der Waals surface area (Å²) >= 11 is 0. The molecule has 0 amide bonds. The molecule has 1 aromatic carbocycles. The monoisotopic (exact) mass is 239 g/mol. The van der Waals surface area contributed by atoms with Gasteiger partial charge in [0, 0.05) is 11.6 Å². The van der Waals surface area contributed by atoms with Gasteiger partial charge in [0.05, 0.1) is 0 Å². The first kappa shape index (κ1) is 10.7. The number of ether oxygens (including phenoxy) is 2. The summed E-state index contributed by atoms with van der Waals surface area (Å²) in [6, 6.07) is 1.66. The van der Waals surface area contributed by atoms with E-state index in [4.69, 9.17) is 9.47 Å². The maximum absolute atomic E-state index is 13.8. The molecule has 17 heavy (non-hydrogen) atoms. The van der Waals surface area contributed by atoms with E-state index in [0.29, 0.717) is 11.3 Å². The molecule has 5 heteroatoms. The first-order chi connectivity index (χ1) is 8.27. The molecule has 1 aromatic rings. The summed E-state index contributed by atoms with van der Waals surface area (Å²) in [6.45, 7) is 0.896. The Morgan fingerprint density at radius 2 is 2.24 bits per heavy atom. The lowest BCUT2D eigenvalue weighted by Crippen LogP contribution is -2.26. The van der Waals surface area contributed by atoms with Crippen LogP contribution in [0.2, 0.25) is 0 Å². The molecule has 2 heterocycles. The third kappa shape index (κ3) is 1.70. The second-order valence-electron chi connectivity index (χ2n) is 4.36. The summed E-state index contributed by atoms with van der Waals surface area (Å²) in [6.07, 6.45) is 3.09. The van der Waals surface area contributed by atoms with Gasteiger partial charge < -0.3 is 19.9 Å². The zero-order chi connectivity index (χ0) is 11.8. The van der Waals surface area contributed by atoms with Crippen LogP contribution in [0.3, 0.4) is 0 Å². The van der Waals surface area contributed by atoms with Gasteiger partial charge in [-0.15, -0.1) is 0 Å². The second-order valence-corrected chi connectivity index (χ2v) is 4.36. The molecule has 2 aliphatic heterocycles. The van der Waals surface area contributed by atoms with E-state index >= 15 is 0 Å². The highest BCUT2D eigenvalue weighted by molar-refractivity contribution is 5.53. The fourth-order valence-electron chi connectivity index (χ4n) is 2.39. The largest absolute Gasteiger partial charge is 0.504 e. The minimum absolute atomic E-state index is 0.00671. The molecule has 0 radical (unpaired) electrons. The van der Waals surface area contributed by atoms with Gasteiger partial charge in [-0.3, -0.25) is 0 Å². The van der Waals surface area contributed by atoms with Gasteiger partial charge in [-0.05, 0) is 25.5 Å². The normalized spacial score (nSPS) is 22.8. The molecular weight excluding hydrogens is 225 g/mol. The highest BCUT2D eigenvalue weighted by Gasteiger charge is 2.28. The van der Waals surface area contributed by atoms with Gasteiger partial charge in [0.2, 0.25) is 18.4 Å². The number of phenols is 1. The van der Waals surface area contributed by atoms with Crippen molar-refractivity contribution in [3.63, 3.8) is 0 Å². The van der Waals surface area contributed by atoms with Crippen molar-refractivity contribution in [2.45, 2.75) is 25.3 Å². The van der Waals surface area contributed by atoms with Crippen LogP contribution in [0.4, 0.5) is 4.39 Å². The molecule has 4 nitrogen and oxygen atoms in total. The highest BCUT2D eigenvalue weighted by Crippen LogP contribution is 2.44. The second kappa shape index (κ2) is 4.07. The Kier molecular flexibility index (Phi) is 2.55. The maximum atomic E-state index is 13.8. The van der Waals surface area contributed by atoms with E-state index in [2.05, 4.69) is 5.32 Å². The molecule has 0 saturated carbocycles. The van der Waals surface area contributed by atoms with Crippen molar-refractivity contribution in [1.82, 2.24) is 5.32 Å². The third-order valence-corrected chi connectivity index (χ3v) is 3.29. The fourth-order valence-corrected chi connectivity index (χ4v) is 2.39. The van der Waals surface area contributed by atoms with Crippen LogP contribution >= 0.6 is 0 Å². The van der Waals surface area contributed by atoms with Crippen LogP contribution in [0.5, 0.6) is 17.2 Å². The zero-order valence-electron chi connectivity index (χ0n) is 9.33. The number of benzene rings is 1. The van der Waals surface area contributed by atoms with Gasteiger partial charge in [0.1, 0.15) is 0 Å². The highest BCUT2D eigenvalue weighted by atomic mass is 19.1. The predicted molar refractivity (Wildman–Crippen MR) is 58.8 cm³/mol. The van der Waals surface area contributed by atoms with Crippen molar-refractivity contribution >= 4 is 0 Å². The van der Waals surface area contributed by atoms with Gasteiger partial charge in [-0.25, -0.2) is 0 Å². The molecule has 3 rings (SSSR count). The van der Waals surface area contributed by atoms with E-state index in [-0.39, 0.29) is 24.3 Å². The summed E-state index contributed by atoms with van der Waals surface area (Å²) in [7, 11) is 0. The van der Waals surface area contributed by atoms with Gasteiger partial charge in [0.15, 0.2) is 11.5 Å². The average molecular weight is 239 g/mol. The number of phenolic OH excluding ortho intramolecular Hbond substituents is 1. The number of aromatic hydroxyl groups is 1.